The number of aromatic nitrogens is 4. The van der Waals surface area contributed by atoms with Gasteiger partial charge in [-0.25, -0.2) is 23.7 Å². The number of hydrogen-bond donors (Lipinski definition) is 4. The molecule has 1 aliphatic carbocycles. The molecule has 1 aromatic carbocycles. The molecule has 5 rings (SSSR count). The van der Waals surface area contributed by atoms with E-state index in [0.29, 0.717) is 29.4 Å². The molecule has 1 fully saturated rings. The molecular weight excluding hydrogens is 446 g/mol. The predicted molar refractivity (Wildman–Crippen MR) is 121 cm³/mol. The first kappa shape index (κ1) is 22.4. The van der Waals surface area contributed by atoms with E-state index in [0.717, 1.165) is 6.07 Å². The molecule has 6 N–H and O–H groups in total. The number of aliphatic hydroxyl groups excluding tert-OH is 1. The third-order valence-corrected chi connectivity index (χ3v) is 6.76. The summed E-state index contributed by atoms with van der Waals surface area (Å²) in [6.45, 7) is 0. The van der Waals surface area contributed by atoms with Crippen molar-refractivity contribution in [2.24, 2.45) is 5.92 Å². The number of fused-ring (bicyclic) bond motifs is 2. The Morgan fingerprint density at radius 3 is 2.74 bits per heavy atom. The van der Waals surface area contributed by atoms with Crippen molar-refractivity contribution >= 4 is 33.6 Å². The second-order valence-electron chi connectivity index (χ2n) is 8.74. The van der Waals surface area contributed by atoms with Crippen LogP contribution in [0.4, 0.5) is 20.4 Å². The molecular formula is C23H24F2N6O3. The van der Waals surface area contributed by atoms with Crippen LogP contribution in [0.2, 0.25) is 0 Å². The third kappa shape index (κ3) is 3.44. The van der Waals surface area contributed by atoms with Gasteiger partial charge in [-0.15, -0.1) is 0 Å². The molecule has 0 amide bonds. The molecule has 34 heavy (non-hydrogen) atoms. The molecule has 11 heteroatoms. The number of methoxy groups -OCH3 is 1. The van der Waals surface area contributed by atoms with E-state index in [-0.39, 0.29) is 34.9 Å². The zero-order valence-electron chi connectivity index (χ0n) is 18.3. The molecule has 3 aromatic heterocycles. The maximum absolute atomic E-state index is 14.7. The Bertz CT molecular complexity index is 1400. The monoisotopic (exact) mass is 470 g/mol. The van der Waals surface area contributed by atoms with Gasteiger partial charge in [0.2, 0.25) is 0 Å². The Balaban J connectivity index is 1.45. The number of ether oxygens (including phenoxy) is 1. The molecule has 178 valence electrons. The van der Waals surface area contributed by atoms with Gasteiger partial charge in [-0.05, 0) is 55.0 Å². The first-order valence-corrected chi connectivity index (χ1v) is 10.8. The molecule has 0 radical (unpaired) electrons. The summed E-state index contributed by atoms with van der Waals surface area (Å²) in [7, 11) is 1.46. The Morgan fingerprint density at radius 2 is 1.97 bits per heavy atom. The first-order chi connectivity index (χ1) is 16.2. The number of nitrogens with two attached hydrogens (primary N) is 2. The lowest BCUT2D eigenvalue weighted by Crippen LogP contribution is -2.48. The molecule has 0 spiro atoms. The maximum atomic E-state index is 14.7. The third-order valence-electron chi connectivity index (χ3n) is 6.76. The number of halogens is 2. The number of nitrogen functional groups attached to an aromatic ring is 2. The lowest BCUT2D eigenvalue weighted by atomic mass is 9.90. The average Bonchev–Trinajstić information content (AvgIpc) is 3.37. The molecule has 1 saturated carbocycles. The molecule has 4 atom stereocenters. The highest BCUT2D eigenvalue weighted by molar-refractivity contribution is 5.86. The summed E-state index contributed by atoms with van der Waals surface area (Å²) < 4.78 is 35.5. The van der Waals surface area contributed by atoms with Crippen LogP contribution >= 0.6 is 0 Å². The van der Waals surface area contributed by atoms with Crippen molar-refractivity contribution in [3.8, 4) is 0 Å². The van der Waals surface area contributed by atoms with E-state index >= 15 is 0 Å². The molecule has 1 aliphatic rings. The summed E-state index contributed by atoms with van der Waals surface area (Å²) in [4.78, 5) is 12.1. The van der Waals surface area contributed by atoms with E-state index in [4.69, 9.17) is 16.2 Å². The zero-order chi connectivity index (χ0) is 24.2. The number of nitrogens with zero attached hydrogens (tertiary/aromatic N) is 4. The molecule has 0 unspecified atom stereocenters. The minimum Gasteiger partial charge on any atom is -0.383 e. The van der Waals surface area contributed by atoms with Gasteiger partial charge in [0, 0.05) is 18.7 Å². The van der Waals surface area contributed by atoms with Gasteiger partial charge in [-0.1, -0.05) is 0 Å². The molecule has 0 saturated heterocycles. The number of benzene rings is 1. The van der Waals surface area contributed by atoms with Gasteiger partial charge in [0.05, 0.1) is 17.0 Å². The number of anilines is 2. The summed E-state index contributed by atoms with van der Waals surface area (Å²) in [5, 5.41) is 23.3. The number of rotatable bonds is 5. The zero-order valence-corrected chi connectivity index (χ0v) is 18.3. The van der Waals surface area contributed by atoms with Crippen molar-refractivity contribution in [1.29, 1.82) is 0 Å². The van der Waals surface area contributed by atoms with Crippen molar-refractivity contribution in [1.82, 2.24) is 19.5 Å². The van der Waals surface area contributed by atoms with Crippen LogP contribution in [0, 0.1) is 17.6 Å². The standard InChI is InChI=1S/C23H24F2N6O3/c1-34-18-12(6-11-7-15(24)14-9-16(25)20(27)30-17(14)8-11)2-4-23(18,33)22(32)31-5-3-13-19(26)28-10-29-21(13)31/h3,5,7-10,12,18,22,32-33H,2,4,6H2,1H3,(H2,27,30)(H2,26,28,29)/t12-,18+,22+,23+/m0/s1. The lowest BCUT2D eigenvalue weighted by Gasteiger charge is -2.36. The van der Waals surface area contributed by atoms with Crippen molar-refractivity contribution in [3.05, 3.63) is 54.0 Å². The molecule has 4 aromatic rings. The SMILES string of the molecule is CO[C@@H]1[C@H](Cc2cc(F)c3cc(F)c(N)nc3c2)CC[C@]1(O)[C@@H](O)n1ccc2c(N)ncnc21. The molecule has 0 aliphatic heterocycles. The van der Waals surface area contributed by atoms with Gasteiger partial charge in [0.15, 0.2) is 17.9 Å². The van der Waals surface area contributed by atoms with Gasteiger partial charge >= 0.3 is 0 Å². The van der Waals surface area contributed by atoms with Crippen molar-refractivity contribution in [2.45, 2.75) is 37.2 Å². The van der Waals surface area contributed by atoms with Crippen LogP contribution in [0.5, 0.6) is 0 Å². The second kappa shape index (κ2) is 8.12. The maximum Gasteiger partial charge on any atom is 0.165 e. The summed E-state index contributed by atoms with van der Waals surface area (Å²) in [5.41, 5.74) is 11.0. The van der Waals surface area contributed by atoms with E-state index in [1.54, 1.807) is 18.3 Å². The molecule has 3 heterocycles. The Kier molecular flexibility index (Phi) is 5.34. The number of pyridine rings is 1. The minimum atomic E-state index is -1.63. The van der Waals surface area contributed by atoms with Crippen molar-refractivity contribution in [3.63, 3.8) is 0 Å². The fraction of sp³-hybridized carbons (Fsp3) is 0.348. The van der Waals surface area contributed by atoms with E-state index in [1.165, 1.54) is 24.1 Å². The van der Waals surface area contributed by atoms with Crippen LogP contribution in [0.15, 0.2) is 36.8 Å². The summed E-state index contributed by atoms with van der Waals surface area (Å²) in [6.07, 6.45) is 1.85. The largest absolute Gasteiger partial charge is 0.383 e. The highest BCUT2D eigenvalue weighted by Crippen LogP contribution is 2.45. The molecule has 0 bridgehead atoms. The fourth-order valence-electron chi connectivity index (χ4n) is 5.13. The topological polar surface area (TPSA) is 145 Å². The minimum absolute atomic E-state index is 0.0397. The number of hydrogen-bond acceptors (Lipinski definition) is 8. The van der Waals surface area contributed by atoms with E-state index in [1.807, 2.05) is 0 Å². The van der Waals surface area contributed by atoms with E-state index in [9.17, 15) is 19.0 Å². The molecule has 9 nitrogen and oxygen atoms in total. The van der Waals surface area contributed by atoms with Crippen LogP contribution in [-0.4, -0.2) is 48.5 Å². The highest BCUT2D eigenvalue weighted by Gasteiger charge is 2.53. The lowest BCUT2D eigenvalue weighted by molar-refractivity contribution is -0.174. The van der Waals surface area contributed by atoms with Crippen molar-refractivity contribution < 1.29 is 23.7 Å². The average molecular weight is 470 g/mol. The second-order valence-corrected chi connectivity index (χ2v) is 8.74. The normalized spacial score (nSPS) is 23.7. The summed E-state index contributed by atoms with van der Waals surface area (Å²) >= 11 is 0. The van der Waals surface area contributed by atoms with Crippen LogP contribution < -0.4 is 11.5 Å². The summed E-state index contributed by atoms with van der Waals surface area (Å²) in [5.74, 6) is -1.67. The Morgan fingerprint density at radius 1 is 1.18 bits per heavy atom. The van der Waals surface area contributed by atoms with Gasteiger partial charge in [0.1, 0.15) is 29.2 Å². The Labute approximate surface area is 193 Å². The highest BCUT2D eigenvalue weighted by atomic mass is 19.1. The smallest absolute Gasteiger partial charge is 0.165 e. The van der Waals surface area contributed by atoms with Gasteiger partial charge in [-0.2, -0.15) is 0 Å². The van der Waals surface area contributed by atoms with Gasteiger partial charge in [-0.3, -0.25) is 0 Å². The van der Waals surface area contributed by atoms with Crippen LogP contribution in [-0.2, 0) is 11.2 Å². The van der Waals surface area contributed by atoms with Crippen LogP contribution in [0.3, 0.4) is 0 Å². The van der Waals surface area contributed by atoms with Gasteiger partial charge < -0.3 is 31.0 Å². The van der Waals surface area contributed by atoms with E-state index < -0.39 is 29.6 Å². The number of aliphatic hydroxyl groups is 2. The summed E-state index contributed by atoms with van der Waals surface area (Å²) in [6, 6.07) is 5.66. The van der Waals surface area contributed by atoms with Gasteiger partial charge in [0.25, 0.3) is 0 Å². The van der Waals surface area contributed by atoms with Crippen LogP contribution in [0.25, 0.3) is 21.9 Å². The fourth-order valence-corrected chi connectivity index (χ4v) is 5.13. The van der Waals surface area contributed by atoms with E-state index in [2.05, 4.69) is 15.0 Å². The predicted octanol–water partition coefficient (Wildman–Crippen LogP) is 2.31. The Hall–Kier alpha value is -3.41. The van der Waals surface area contributed by atoms with Crippen LogP contribution in [0.1, 0.15) is 24.6 Å². The van der Waals surface area contributed by atoms with Crippen molar-refractivity contribution in [2.75, 3.05) is 18.6 Å². The first-order valence-electron chi connectivity index (χ1n) is 10.8. The quantitative estimate of drug-likeness (QED) is 0.348.